The first-order chi connectivity index (χ1) is 6.93. The van der Waals surface area contributed by atoms with Gasteiger partial charge in [-0.25, -0.2) is 0 Å². The molecule has 0 rings (SSSR count). The Balaban J connectivity index is 3.88. The summed E-state index contributed by atoms with van der Waals surface area (Å²) in [7, 11) is 1.65. The predicted octanol–water partition coefficient (Wildman–Crippen LogP) is 0.916. The minimum Gasteiger partial charge on any atom is -0.383 e. The Morgan fingerprint density at radius 2 is 2.07 bits per heavy atom. The normalized spacial score (nSPS) is 13.7. The molecule has 15 heavy (non-hydrogen) atoms. The molecule has 4 heteroatoms. The Hall–Kier alpha value is -0.610. The van der Waals surface area contributed by atoms with E-state index in [-0.39, 0.29) is 17.5 Å². The standard InChI is InChI=1S/C11H24N2O2/c1-6-11(3,4)13-10(14)9(2)12-7-8-15-5/h9,12H,6-8H2,1-5H3,(H,13,14). The topological polar surface area (TPSA) is 50.4 Å². The second kappa shape index (κ2) is 6.80. The molecule has 2 N–H and O–H groups in total. The molecule has 0 spiro atoms. The van der Waals surface area contributed by atoms with Crippen molar-refractivity contribution in [2.24, 2.45) is 0 Å². The van der Waals surface area contributed by atoms with E-state index in [1.165, 1.54) is 0 Å². The van der Waals surface area contributed by atoms with E-state index in [2.05, 4.69) is 17.6 Å². The molecule has 0 aliphatic carbocycles. The molecule has 1 amide bonds. The number of ether oxygens (including phenoxy) is 1. The largest absolute Gasteiger partial charge is 0.383 e. The van der Waals surface area contributed by atoms with E-state index in [1.54, 1.807) is 7.11 Å². The number of methoxy groups -OCH3 is 1. The van der Waals surface area contributed by atoms with Gasteiger partial charge in [0, 0.05) is 19.2 Å². The van der Waals surface area contributed by atoms with Crippen LogP contribution in [0, 0.1) is 0 Å². The molecule has 1 unspecified atom stereocenters. The van der Waals surface area contributed by atoms with E-state index in [4.69, 9.17) is 4.74 Å². The highest BCUT2D eigenvalue weighted by Crippen LogP contribution is 2.06. The van der Waals surface area contributed by atoms with Crippen molar-refractivity contribution in [1.29, 1.82) is 0 Å². The first-order valence-electron chi connectivity index (χ1n) is 5.47. The van der Waals surface area contributed by atoms with Crippen LogP contribution in [-0.2, 0) is 9.53 Å². The summed E-state index contributed by atoms with van der Waals surface area (Å²) in [5.74, 6) is 0.0398. The highest BCUT2D eigenvalue weighted by molar-refractivity contribution is 5.81. The van der Waals surface area contributed by atoms with Crippen molar-refractivity contribution in [3.05, 3.63) is 0 Å². The van der Waals surface area contributed by atoms with E-state index in [9.17, 15) is 4.79 Å². The molecule has 0 aromatic rings. The van der Waals surface area contributed by atoms with Crippen molar-refractivity contribution in [3.8, 4) is 0 Å². The number of hydrogen-bond donors (Lipinski definition) is 2. The Morgan fingerprint density at radius 1 is 1.47 bits per heavy atom. The third kappa shape index (κ3) is 6.47. The molecular formula is C11H24N2O2. The predicted molar refractivity (Wildman–Crippen MR) is 61.9 cm³/mol. The number of hydrogen-bond acceptors (Lipinski definition) is 3. The molecule has 0 aliphatic rings. The van der Waals surface area contributed by atoms with Crippen LogP contribution in [0.15, 0.2) is 0 Å². The second-order valence-electron chi connectivity index (χ2n) is 4.40. The van der Waals surface area contributed by atoms with Crippen molar-refractivity contribution in [2.75, 3.05) is 20.3 Å². The molecule has 0 aromatic heterocycles. The minimum atomic E-state index is -0.175. The molecule has 0 fully saturated rings. The summed E-state index contributed by atoms with van der Waals surface area (Å²) in [6.45, 7) is 9.27. The van der Waals surface area contributed by atoms with Crippen LogP contribution in [0.2, 0.25) is 0 Å². The van der Waals surface area contributed by atoms with Crippen LogP contribution in [-0.4, -0.2) is 37.7 Å². The molecule has 4 nitrogen and oxygen atoms in total. The van der Waals surface area contributed by atoms with Crippen LogP contribution >= 0.6 is 0 Å². The summed E-state index contributed by atoms with van der Waals surface area (Å²) in [6, 6.07) is -0.175. The lowest BCUT2D eigenvalue weighted by molar-refractivity contribution is -0.124. The van der Waals surface area contributed by atoms with Crippen LogP contribution in [0.4, 0.5) is 0 Å². The van der Waals surface area contributed by atoms with Crippen LogP contribution in [0.5, 0.6) is 0 Å². The van der Waals surface area contributed by atoms with Crippen molar-refractivity contribution >= 4 is 5.91 Å². The van der Waals surface area contributed by atoms with Gasteiger partial charge in [-0.3, -0.25) is 4.79 Å². The van der Waals surface area contributed by atoms with Crippen molar-refractivity contribution < 1.29 is 9.53 Å². The zero-order valence-corrected chi connectivity index (χ0v) is 10.5. The maximum Gasteiger partial charge on any atom is 0.237 e. The monoisotopic (exact) mass is 216 g/mol. The van der Waals surface area contributed by atoms with Crippen molar-refractivity contribution in [3.63, 3.8) is 0 Å². The van der Waals surface area contributed by atoms with Crippen LogP contribution in [0.1, 0.15) is 34.1 Å². The molecule has 0 bridgehead atoms. The van der Waals surface area contributed by atoms with Gasteiger partial charge in [-0.15, -0.1) is 0 Å². The van der Waals surface area contributed by atoms with Gasteiger partial charge in [-0.1, -0.05) is 6.92 Å². The highest BCUT2D eigenvalue weighted by atomic mass is 16.5. The number of rotatable bonds is 7. The third-order valence-corrected chi connectivity index (χ3v) is 2.50. The molecule has 0 saturated carbocycles. The SMILES string of the molecule is CCC(C)(C)NC(=O)C(C)NCCOC. The van der Waals surface area contributed by atoms with Gasteiger partial charge in [0.2, 0.25) is 5.91 Å². The maximum atomic E-state index is 11.7. The molecule has 0 aromatic carbocycles. The maximum absolute atomic E-state index is 11.7. The summed E-state index contributed by atoms with van der Waals surface area (Å²) >= 11 is 0. The highest BCUT2D eigenvalue weighted by Gasteiger charge is 2.21. The first kappa shape index (κ1) is 14.4. The lowest BCUT2D eigenvalue weighted by Crippen LogP contribution is -2.51. The van der Waals surface area contributed by atoms with Crippen LogP contribution in [0.3, 0.4) is 0 Å². The smallest absolute Gasteiger partial charge is 0.237 e. The lowest BCUT2D eigenvalue weighted by atomic mass is 10.0. The fourth-order valence-corrected chi connectivity index (χ4v) is 1.00. The van der Waals surface area contributed by atoms with Gasteiger partial charge in [0.15, 0.2) is 0 Å². The summed E-state index contributed by atoms with van der Waals surface area (Å²) < 4.78 is 4.90. The molecule has 0 radical (unpaired) electrons. The Labute approximate surface area is 92.8 Å². The summed E-state index contributed by atoms with van der Waals surface area (Å²) in [5.41, 5.74) is -0.131. The van der Waals surface area contributed by atoms with E-state index >= 15 is 0 Å². The first-order valence-corrected chi connectivity index (χ1v) is 5.47. The molecule has 1 atom stereocenters. The average molecular weight is 216 g/mol. The lowest BCUT2D eigenvalue weighted by Gasteiger charge is -2.26. The zero-order chi connectivity index (χ0) is 11.9. The number of nitrogens with one attached hydrogen (secondary N) is 2. The fourth-order valence-electron chi connectivity index (χ4n) is 1.00. The molecular weight excluding hydrogens is 192 g/mol. The van der Waals surface area contributed by atoms with Gasteiger partial charge in [-0.05, 0) is 27.2 Å². The van der Waals surface area contributed by atoms with Gasteiger partial charge in [0.25, 0.3) is 0 Å². The summed E-state index contributed by atoms with van der Waals surface area (Å²) in [4.78, 5) is 11.7. The Bertz CT molecular complexity index is 193. The van der Waals surface area contributed by atoms with Gasteiger partial charge in [-0.2, -0.15) is 0 Å². The number of carbonyl (C=O) groups excluding carboxylic acids is 1. The number of amides is 1. The number of carbonyl (C=O) groups is 1. The summed E-state index contributed by atoms with van der Waals surface area (Å²) in [6.07, 6.45) is 0.920. The van der Waals surface area contributed by atoms with Crippen molar-refractivity contribution in [2.45, 2.75) is 45.7 Å². The minimum absolute atomic E-state index is 0.0398. The van der Waals surface area contributed by atoms with Gasteiger partial charge >= 0.3 is 0 Å². The van der Waals surface area contributed by atoms with Gasteiger partial charge in [0.05, 0.1) is 12.6 Å². The Morgan fingerprint density at radius 3 is 2.53 bits per heavy atom. The van der Waals surface area contributed by atoms with Gasteiger partial charge in [0.1, 0.15) is 0 Å². The van der Waals surface area contributed by atoms with E-state index < -0.39 is 0 Å². The zero-order valence-electron chi connectivity index (χ0n) is 10.5. The average Bonchev–Trinajstić information content (AvgIpc) is 2.17. The van der Waals surface area contributed by atoms with E-state index in [0.29, 0.717) is 13.2 Å². The molecule has 0 aliphatic heterocycles. The fraction of sp³-hybridized carbons (Fsp3) is 0.909. The second-order valence-corrected chi connectivity index (χ2v) is 4.40. The molecule has 90 valence electrons. The summed E-state index contributed by atoms with van der Waals surface area (Å²) in [5, 5.41) is 6.08. The third-order valence-electron chi connectivity index (χ3n) is 2.50. The molecule has 0 saturated heterocycles. The van der Waals surface area contributed by atoms with Crippen LogP contribution in [0.25, 0.3) is 0 Å². The quantitative estimate of drug-likeness (QED) is 0.622. The van der Waals surface area contributed by atoms with E-state index in [1.807, 2.05) is 20.8 Å². The van der Waals surface area contributed by atoms with Gasteiger partial charge < -0.3 is 15.4 Å². The molecule has 0 heterocycles. The van der Waals surface area contributed by atoms with E-state index in [0.717, 1.165) is 6.42 Å². The Kier molecular flexibility index (Phi) is 6.52. The van der Waals surface area contributed by atoms with Crippen molar-refractivity contribution in [1.82, 2.24) is 10.6 Å². The van der Waals surface area contributed by atoms with Crippen LogP contribution < -0.4 is 10.6 Å².